The number of nitrogens with zero attached hydrogens (tertiary/aromatic N) is 3. The van der Waals surface area contributed by atoms with Crippen LogP contribution in [0.5, 0.6) is 0 Å². The molecular weight excluding hydrogens is 476 g/mol. The number of likely N-dealkylation sites (tertiary alicyclic amines) is 1. The number of carbonyl (C=O) groups is 2. The molecule has 3 aromatic carbocycles. The average Bonchev–Trinajstić information content (AvgIpc) is 3.37. The van der Waals surface area contributed by atoms with Crippen LogP contribution >= 0.6 is 0 Å². The van der Waals surface area contributed by atoms with E-state index in [1.165, 1.54) is 11.3 Å². The van der Waals surface area contributed by atoms with E-state index in [1.54, 1.807) is 5.01 Å². The van der Waals surface area contributed by atoms with Gasteiger partial charge in [0.25, 0.3) is 0 Å². The number of hydrogen-bond donors (Lipinski definition) is 2. The van der Waals surface area contributed by atoms with Crippen molar-refractivity contribution in [1.29, 1.82) is 5.53 Å². The van der Waals surface area contributed by atoms with E-state index in [0.29, 0.717) is 5.92 Å². The van der Waals surface area contributed by atoms with E-state index >= 15 is 0 Å². The van der Waals surface area contributed by atoms with Crippen molar-refractivity contribution in [1.82, 2.24) is 9.91 Å². The van der Waals surface area contributed by atoms with Gasteiger partial charge in [-0.2, -0.15) is 5.53 Å². The standard InChI is InChI=1S/C31H32N4O3/c32-33-35(27(19-22-11-10-12-22)23-13-4-1-5-14-23)26-20-28(31(37)38)34(21-26)30(36)29(24-15-6-2-7-16-24)25-17-8-3-9-18-25/h1-9,13-19,22,26,28-29,32H,10-12,20-21H2,(H,37,38)/b27-19-,33-32?/t26-,28-/m0/s1. The Kier molecular flexibility index (Phi) is 7.63. The summed E-state index contributed by atoms with van der Waals surface area (Å²) in [4.78, 5) is 28.1. The molecule has 1 aliphatic heterocycles. The lowest BCUT2D eigenvalue weighted by Crippen LogP contribution is -2.43. The Bertz CT molecular complexity index is 1250. The van der Waals surface area contributed by atoms with Gasteiger partial charge in [0, 0.05) is 13.0 Å². The summed E-state index contributed by atoms with van der Waals surface area (Å²) in [5.74, 6) is -1.52. The van der Waals surface area contributed by atoms with Crippen molar-refractivity contribution < 1.29 is 14.7 Å². The van der Waals surface area contributed by atoms with Crippen LogP contribution in [0.1, 0.15) is 48.3 Å². The summed E-state index contributed by atoms with van der Waals surface area (Å²) in [6.45, 7) is 0.170. The first-order valence-electron chi connectivity index (χ1n) is 13.1. The second-order valence-electron chi connectivity index (χ2n) is 10.0. The van der Waals surface area contributed by atoms with Gasteiger partial charge in [0.2, 0.25) is 5.91 Å². The summed E-state index contributed by atoms with van der Waals surface area (Å²) in [5.41, 5.74) is 11.4. The summed E-state index contributed by atoms with van der Waals surface area (Å²) in [7, 11) is 0. The van der Waals surface area contributed by atoms with Crippen molar-refractivity contribution >= 4 is 17.6 Å². The number of carboxylic acid groups (broad SMARTS) is 1. The van der Waals surface area contributed by atoms with Crippen molar-refractivity contribution in [2.45, 2.75) is 43.7 Å². The third-order valence-electron chi connectivity index (χ3n) is 7.67. The SMILES string of the molecule is N=NN(/C(=C\C1CCC1)c1ccccc1)[C@H]1C[C@@H](C(=O)O)N(C(=O)C(c2ccccc2)c2ccccc2)C1. The smallest absolute Gasteiger partial charge is 0.326 e. The quantitative estimate of drug-likeness (QED) is 0.275. The predicted molar refractivity (Wildman–Crippen MR) is 145 cm³/mol. The molecule has 1 aliphatic carbocycles. The highest BCUT2D eigenvalue weighted by Gasteiger charge is 2.45. The van der Waals surface area contributed by atoms with Crippen molar-refractivity contribution in [2.24, 2.45) is 11.1 Å². The Morgan fingerprint density at radius 2 is 1.47 bits per heavy atom. The van der Waals surface area contributed by atoms with Crippen LogP contribution in [0.4, 0.5) is 0 Å². The number of aliphatic carboxylic acids is 1. The fraction of sp³-hybridized carbons (Fsp3) is 0.290. The van der Waals surface area contributed by atoms with E-state index in [1.807, 2.05) is 91.0 Å². The Balaban J connectivity index is 1.49. The van der Waals surface area contributed by atoms with E-state index < -0.39 is 24.0 Å². The molecule has 2 fully saturated rings. The molecule has 38 heavy (non-hydrogen) atoms. The third-order valence-corrected chi connectivity index (χ3v) is 7.67. The fourth-order valence-electron chi connectivity index (χ4n) is 5.48. The first kappa shape index (κ1) is 25.4. The number of carboxylic acids is 1. The molecule has 0 spiro atoms. The van der Waals surface area contributed by atoms with Crippen LogP contribution in [0, 0.1) is 11.4 Å². The maximum atomic E-state index is 14.1. The monoisotopic (exact) mass is 508 g/mol. The molecule has 1 heterocycles. The van der Waals surface area contributed by atoms with Crippen molar-refractivity contribution in [3.63, 3.8) is 0 Å². The molecule has 0 radical (unpaired) electrons. The molecule has 1 amide bonds. The number of hydrogen-bond acceptors (Lipinski definition) is 4. The molecule has 1 saturated heterocycles. The summed E-state index contributed by atoms with van der Waals surface area (Å²) in [6, 6.07) is 27.3. The predicted octanol–water partition coefficient (Wildman–Crippen LogP) is 5.96. The van der Waals surface area contributed by atoms with Crippen molar-refractivity contribution in [2.75, 3.05) is 6.54 Å². The molecule has 3 aromatic rings. The van der Waals surface area contributed by atoms with Crippen LogP contribution in [0.3, 0.4) is 0 Å². The highest BCUT2D eigenvalue weighted by Crippen LogP contribution is 2.37. The molecule has 0 bridgehead atoms. The lowest BCUT2D eigenvalue weighted by atomic mass is 9.84. The topological polar surface area (TPSA) is 97.1 Å². The summed E-state index contributed by atoms with van der Waals surface area (Å²) < 4.78 is 0. The zero-order chi connectivity index (χ0) is 26.5. The Morgan fingerprint density at radius 3 is 1.95 bits per heavy atom. The molecule has 0 aromatic heterocycles. The molecule has 194 valence electrons. The van der Waals surface area contributed by atoms with Gasteiger partial charge in [-0.1, -0.05) is 109 Å². The van der Waals surface area contributed by atoms with Gasteiger partial charge < -0.3 is 10.0 Å². The minimum absolute atomic E-state index is 0.170. The lowest BCUT2D eigenvalue weighted by molar-refractivity contribution is -0.148. The molecule has 2 N–H and O–H groups in total. The zero-order valence-corrected chi connectivity index (χ0v) is 21.2. The van der Waals surface area contributed by atoms with E-state index in [0.717, 1.165) is 35.2 Å². The molecule has 7 heteroatoms. The van der Waals surface area contributed by atoms with E-state index in [4.69, 9.17) is 5.53 Å². The molecule has 5 rings (SSSR count). The summed E-state index contributed by atoms with van der Waals surface area (Å²) >= 11 is 0. The van der Waals surface area contributed by atoms with Gasteiger partial charge in [-0.3, -0.25) is 4.79 Å². The van der Waals surface area contributed by atoms with Crippen LogP contribution in [0.25, 0.3) is 5.70 Å². The maximum Gasteiger partial charge on any atom is 0.326 e. The molecule has 7 nitrogen and oxygen atoms in total. The number of carbonyl (C=O) groups excluding carboxylic acids is 1. The number of benzene rings is 3. The summed E-state index contributed by atoms with van der Waals surface area (Å²) in [6.07, 6.45) is 5.70. The summed E-state index contributed by atoms with van der Waals surface area (Å²) in [5, 5.41) is 15.7. The van der Waals surface area contributed by atoms with E-state index in [9.17, 15) is 14.7 Å². The van der Waals surface area contributed by atoms with Gasteiger partial charge >= 0.3 is 5.97 Å². The fourth-order valence-corrected chi connectivity index (χ4v) is 5.48. The van der Waals surface area contributed by atoms with Gasteiger partial charge in [-0.25, -0.2) is 9.80 Å². The Labute approximate surface area is 222 Å². The molecule has 0 unspecified atom stereocenters. The highest BCUT2D eigenvalue weighted by molar-refractivity contribution is 5.91. The van der Waals surface area contributed by atoms with Gasteiger partial charge in [0.05, 0.1) is 17.7 Å². The van der Waals surface area contributed by atoms with Crippen molar-refractivity contribution in [3.8, 4) is 0 Å². The van der Waals surface area contributed by atoms with Gasteiger partial charge in [-0.05, 0) is 35.4 Å². The Morgan fingerprint density at radius 1 is 0.921 bits per heavy atom. The second kappa shape index (κ2) is 11.4. The number of allylic oxidation sites excluding steroid dienone is 1. The Hall–Kier alpha value is -4.26. The van der Waals surface area contributed by atoms with E-state index in [-0.39, 0.29) is 18.9 Å². The molecule has 1 saturated carbocycles. The second-order valence-corrected chi connectivity index (χ2v) is 10.0. The van der Waals surface area contributed by atoms with Crippen LogP contribution in [0.15, 0.2) is 102 Å². The number of amides is 1. The zero-order valence-electron chi connectivity index (χ0n) is 21.2. The third kappa shape index (κ3) is 5.23. The molecule has 2 atom stereocenters. The molecule has 2 aliphatic rings. The van der Waals surface area contributed by atoms with Gasteiger partial charge in [0.15, 0.2) is 0 Å². The van der Waals surface area contributed by atoms with Crippen LogP contribution < -0.4 is 0 Å². The number of nitrogens with one attached hydrogen (secondary N) is 1. The largest absolute Gasteiger partial charge is 0.480 e. The number of rotatable bonds is 9. The average molecular weight is 509 g/mol. The maximum absolute atomic E-state index is 14.1. The van der Waals surface area contributed by atoms with Gasteiger partial charge in [0.1, 0.15) is 6.04 Å². The minimum Gasteiger partial charge on any atom is -0.480 e. The minimum atomic E-state index is -1.05. The first-order valence-corrected chi connectivity index (χ1v) is 13.1. The van der Waals surface area contributed by atoms with Crippen LogP contribution in [-0.4, -0.2) is 45.5 Å². The van der Waals surface area contributed by atoms with Crippen LogP contribution in [0.2, 0.25) is 0 Å². The van der Waals surface area contributed by atoms with Gasteiger partial charge in [-0.15, -0.1) is 0 Å². The molecular formula is C31H32N4O3. The van der Waals surface area contributed by atoms with Crippen molar-refractivity contribution in [3.05, 3.63) is 114 Å². The lowest BCUT2D eigenvalue weighted by Gasteiger charge is -2.31. The van der Waals surface area contributed by atoms with Crippen LogP contribution in [-0.2, 0) is 9.59 Å². The first-order chi connectivity index (χ1) is 18.6. The normalized spacial score (nSPS) is 19.7. The highest BCUT2D eigenvalue weighted by atomic mass is 16.4. The van der Waals surface area contributed by atoms with E-state index in [2.05, 4.69) is 11.3 Å².